The summed E-state index contributed by atoms with van der Waals surface area (Å²) in [6.45, 7) is 1.97. The molecule has 0 saturated heterocycles. The molecule has 1 aromatic carbocycles. The third-order valence-electron chi connectivity index (χ3n) is 2.28. The third kappa shape index (κ3) is 5.72. The van der Waals surface area contributed by atoms with Gasteiger partial charge in [0.05, 0.1) is 7.11 Å². The Bertz CT molecular complexity index is 403. The molecule has 0 radical (unpaired) electrons. The number of benzene rings is 1. The molecule has 0 aliphatic carbocycles. The predicted octanol–water partition coefficient (Wildman–Crippen LogP) is 1.77. The fourth-order valence-electron chi connectivity index (χ4n) is 1.23. The van der Waals surface area contributed by atoms with E-state index in [-0.39, 0.29) is 12.5 Å². The summed E-state index contributed by atoms with van der Waals surface area (Å²) in [6, 6.07) is 8.15. The van der Waals surface area contributed by atoms with Crippen LogP contribution in [0, 0.1) is 6.92 Å². The first-order valence-electron chi connectivity index (χ1n) is 5.65. The molecule has 0 heterocycles. The highest BCUT2D eigenvalue weighted by Gasteiger charge is 2.05. The van der Waals surface area contributed by atoms with Crippen LogP contribution in [0.4, 0.5) is 0 Å². The lowest BCUT2D eigenvalue weighted by atomic mass is 10.2. The summed E-state index contributed by atoms with van der Waals surface area (Å²) in [4.78, 5) is 23.3. The van der Waals surface area contributed by atoms with Crippen LogP contribution in [0.15, 0.2) is 29.2 Å². The Morgan fingerprint density at radius 1 is 1.28 bits per heavy atom. The van der Waals surface area contributed by atoms with Crippen molar-refractivity contribution in [2.24, 2.45) is 0 Å². The summed E-state index contributed by atoms with van der Waals surface area (Å²) in [5.74, 6) is 0.116. The number of carbonyl (C=O) groups excluding carboxylic acids is 2. The molecule has 0 spiro atoms. The minimum Gasteiger partial charge on any atom is -0.468 e. The second kappa shape index (κ2) is 7.76. The van der Waals surface area contributed by atoms with Gasteiger partial charge in [-0.25, -0.2) is 0 Å². The topological polar surface area (TPSA) is 55.4 Å². The van der Waals surface area contributed by atoms with Gasteiger partial charge in [0.15, 0.2) is 0 Å². The van der Waals surface area contributed by atoms with Crippen LogP contribution in [-0.4, -0.2) is 31.3 Å². The van der Waals surface area contributed by atoms with E-state index >= 15 is 0 Å². The number of methoxy groups -OCH3 is 1. The number of carbonyl (C=O) groups is 2. The van der Waals surface area contributed by atoms with Gasteiger partial charge in [0, 0.05) is 17.1 Å². The van der Waals surface area contributed by atoms with E-state index in [9.17, 15) is 9.59 Å². The zero-order chi connectivity index (χ0) is 13.4. The molecule has 0 saturated carbocycles. The first kappa shape index (κ1) is 14.6. The van der Waals surface area contributed by atoms with Gasteiger partial charge in [0.1, 0.15) is 6.54 Å². The first-order valence-corrected chi connectivity index (χ1v) is 6.63. The Labute approximate surface area is 111 Å². The van der Waals surface area contributed by atoms with Gasteiger partial charge in [0.2, 0.25) is 5.91 Å². The number of rotatable bonds is 6. The molecule has 0 aliphatic rings. The van der Waals surface area contributed by atoms with E-state index < -0.39 is 5.97 Å². The van der Waals surface area contributed by atoms with Crippen molar-refractivity contribution in [3.8, 4) is 0 Å². The van der Waals surface area contributed by atoms with E-state index in [1.165, 1.54) is 12.7 Å². The fraction of sp³-hybridized carbons (Fsp3) is 0.385. The highest BCUT2D eigenvalue weighted by molar-refractivity contribution is 7.99. The Morgan fingerprint density at radius 2 is 1.94 bits per heavy atom. The molecule has 18 heavy (non-hydrogen) atoms. The van der Waals surface area contributed by atoms with Crippen molar-refractivity contribution in [2.45, 2.75) is 18.2 Å². The molecule has 1 rings (SSSR count). The normalized spacial score (nSPS) is 9.89. The summed E-state index contributed by atoms with van der Waals surface area (Å²) in [7, 11) is 1.29. The molecule has 98 valence electrons. The monoisotopic (exact) mass is 267 g/mol. The number of amides is 1. The molecule has 5 heteroatoms. The maximum absolute atomic E-state index is 11.4. The summed E-state index contributed by atoms with van der Waals surface area (Å²) in [5.41, 5.74) is 1.22. The molecule has 4 nitrogen and oxygen atoms in total. The standard InChI is InChI=1S/C13H17NO3S/c1-10-3-5-11(6-4-10)18-8-7-12(15)14-9-13(16)17-2/h3-6H,7-9H2,1-2H3,(H,14,15). The largest absolute Gasteiger partial charge is 0.468 e. The highest BCUT2D eigenvalue weighted by Crippen LogP contribution is 2.18. The van der Waals surface area contributed by atoms with Crippen LogP contribution in [0.1, 0.15) is 12.0 Å². The van der Waals surface area contributed by atoms with E-state index in [0.29, 0.717) is 12.2 Å². The molecule has 0 aliphatic heterocycles. The Kier molecular flexibility index (Phi) is 6.28. The number of thioether (sulfide) groups is 1. The SMILES string of the molecule is COC(=O)CNC(=O)CCSc1ccc(C)cc1. The molecule has 1 aromatic rings. The van der Waals surface area contributed by atoms with Gasteiger partial charge in [-0.05, 0) is 19.1 Å². The summed E-state index contributed by atoms with van der Waals surface area (Å²) in [5, 5.41) is 2.50. The second-order valence-corrected chi connectivity index (χ2v) is 4.93. The number of hydrogen-bond donors (Lipinski definition) is 1. The smallest absolute Gasteiger partial charge is 0.325 e. The second-order valence-electron chi connectivity index (χ2n) is 3.76. The van der Waals surface area contributed by atoms with E-state index in [0.717, 1.165) is 4.90 Å². The predicted molar refractivity (Wildman–Crippen MR) is 71.5 cm³/mol. The van der Waals surface area contributed by atoms with E-state index in [1.54, 1.807) is 11.8 Å². The van der Waals surface area contributed by atoms with Crippen molar-refractivity contribution in [1.29, 1.82) is 0 Å². The molecular formula is C13H17NO3S. The van der Waals surface area contributed by atoms with Gasteiger partial charge in [-0.15, -0.1) is 11.8 Å². The van der Waals surface area contributed by atoms with Crippen molar-refractivity contribution in [3.05, 3.63) is 29.8 Å². The van der Waals surface area contributed by atoms with E-state index in [2.05, 4.69) is 10.1 Å². The van der Waals surface area contributed by atoms with Crippen molar-refractivity contribution in [2.75, 3.05) is 19.4 Å². The molecule has 0 atom stereocenters. The average molecular weight is 267 g/mol. The molecule has 1 N–H and O–H groups in total. The fourth-order valence-corrected chi connectivity index (χ4v) is 2.08. The van der Waals surface area contributed by atoms with Crippen LogP contribution in [0.3, 0.4) is 0 Å². The summed E-state index contributed by atoms with van der Waals surface area (Å²) < 4.78 is 4.43. The quantitative estimate of drug-likeness (QED) is 0.630. The third-order valence-corrected chi connectivity index (χ3v) is 3.29. The van der Waals surface area contributed by atoms with Crippen molar-refractivity contribution in [3.63, 3.8) is 0 Å². The minimum atomic E-state index is -0.436. The van der Waals surface area contributed by atoms with E-state index in [4.69, 9.17) is 0 Å². The van der Waals surface area contributed by atoms with Crippen LogP contribution >= 0.6 is 11.8 Å². The molecule has 1 amide bonds. The van der Waals surface area contributed by atoms with Crippen LogP contribution in [0.25, 0.3) is 0 Å². The van der Waals surface area contributed by atoms with Crippen molar-refractivity contribution >= 4 is 23.6 Å². The highest BCUT2D eigenvalue weighted by atomic mass is 32.2. The lowest BCUT2D eigenvalue weighted by Gasteiger charge is -2.04. The van der Waals surface area contributed by atoms with Gasteiger partial charge in [0.25, 0.3) is 0 Å². The van der Waals surface area contributed by atoms with Gasteiger partial charge in [-0.3, -0.25) is 9.59 Å². The molecule has 0 aromatic heterocycles. The Balaban J connectivity index is 2.19. The number of ether oxygens (including phenoxy) is 1. The van der Waals surface area contributed by atoms with Crippen molar-refractivity contribution < 1.29 is 14.3 Å². The molecule has 0 bridgehead atoms. The van der Waals surface area contributed by atoms with Crippen LogP contribution in [0.5, 0.6) is 0 Å². The minimum absolute atomic E-state index is 0.0649. The van der Waals surface area contributed by atoms with E-state index in [1.807, 2.05) is 31.2 Å². The van der Waals surface area contributed by atoms with Crippen molar-refractivity contribution in [1.82, 2.24) is 5.32 Å². The molecule has 0 fully saturated rings. The molecule has 0 unspecified atom stereocenters. The summed E-state index contributed by atoms with van der Waals surface area (Å²) >= 11 is 1.62. The maximum atomic E-state index is 11.4. The average Bonchev–Trinajstić information content (AvgIpc) is 2.38. The Hall–Kier alpha value is -1.49. The molecular weight excluding hydrogens is 250 g/mol. The van der Waals surface area contributed by atoms with Crippen LogP contribution < -0.4 is 5.32 Å². The van der Waals surface area contributed by atoms with Gasteiger partial charge in [-0.1, -0.05) is 17.7 Å². The number of esters is 1. The Morgan fingerprint density at radius 3 is 2.56 bits per heavy atom. The summed E-state index contributed by atoms with van der Waals surface area (Å²) in [6.07, 6.45) is 0.384. The first-order chi connectivity index (χ1) is 8.61. The number of aryl methyl sites for hydroxylation is 1. The van der Waals surface area contributed by atoms with Crippen LogP contribution in [-0.2, 0) is 14.3 Å². The van der Waals surface area contributed by atoms with Gasteiger partial charge in [-0.2, -0.15) is 0 Å². The number of hydrogen-bond acceptors (Lipinski definition) is 4. The zero-order valence-electron chi connectivity index (χ0n) is 10.6. The zero-order valence-corrected chi connectivity index (χ0v) is 11.4. The number of nitrogens with one attached hydrogen (secondary N) is 1. The van der Waals surface area contributed by atoms with Gasteiger partial charge >= 0.3 is 5.97 Å². The maximum Gasteiger partial charge on any atom is 0.325 e. The lowest BCUT2D eigenvalue weighted by Crippen LogP contribution is -2.30. The lowest BCUT2D eigenvalue weighted by molar-refractivity contribution is -0.141. The van der Waals surface area contributed by atoms with Crippen LogP contribution in [0.2, 0.25) is 0 Å². The van der Waals surface area contributed by atoms with Gasteiger partial charge < -0.3 is 10.1 Å².